The molecule has 0 atom stereocenters. The van der Waals surface area contributed by atoms with Gasteiger partial charge in [0.15, 0.2) is 5.69 Å². The van der Waals surface area contributed by atoms with Crippen LogP contribution in [0.4, 0.5) is 10.1 Å². The molecule has 1 fully saturated rings. The highest BCUT2D eigenvalue weighted by molar-refractivity contribution is 5.91. The molecule has 0 bridgehead atoms. The number of carbonyl (C=O) groups is 1. The Morgan fingerprint density at radius 3 is 2.75 bits per heavy atom. The Kier molecular flexibility index (Phi) is 5.34. The van der Waals surface area contributed by atoms with Crippen LogP contribution in [0.1, 0.15) is 22.1 Å². The van der Waals surface area contributed by atoms with E-state index in [1.807, 2.05) is 11.0 Å². The second-order valence-corrected chi connectivity index (χ2v) is 6.51. The number of nitrogens with one attached hydrogen (secondary N) is 1. The number of benzene rings is 1. The van der Waals surface area contributed by atoms with Crippen molar-refractivity contribution in [2.24, 2.45) is 0 Å². The number of halogens is 1. The van der Waals surface area contributed by atoms with Crippen molar-refractivity contribution in [1.29, 1.82) is 0 Å². The molecule has 9 heteroatoms. The lowest BCUT2D eigenvalue weighted by molar-refractivity contribution is 0.0945. The van der Waals surface area contributed by atoms with Gasteiger partial charge in [-0.25, -0.2) is 9.37 Å². The Morgan fingerprint density at radius 1 is 1.18 bits per heavy atom. The molecule has 2 aromatic heterocycles. The fourth-order valence-electron chi connectivity index (χ4n) is 3.12. The largest absolute Gasteiger partial charge is 0.447 e. The van der Waals surface area contributed by atoms with Gasteiger partial charge < -0.3 is 19.2 Å². The molecule has 0 aliphatic carbocycles. The van der Waals surface area contributed by atoms with Crippen LogP contribution in [-0.2, 0) is 13.1 Å². The third-order valence-electron chi connectivity index (χ3n) is 4.63. The normalized spacial score (nSPS) is 15.0. The van der Waals surface area contributed by atoms with Gasteiger partial charge in [-0.05, 0) is 12.1 Å². The minimum atomic E-state index is -0.331. The molecule has 0 spiro atoms. The number of oxazole rings is 1. The average Bonchev–Trinajstić information content (AvgIpc) is 3.39. The van der Waals surface area contributed by atoms with E-state index in [-0.39, 0.29) is 24.0 Å². The first kappa shape index (κ1) is 18.2. The van der Waals surface area contributed by atoms with Crippen LogP contribution in [0.15, 0.2) is 51.8 Å². The lowest BCUT2D eigenvalue weighted by atomic mass is 10.2. The number of aromatic nitrogens is 2. The quantitative estimate of drug-likeness (QED) is 0.695. The monoisotopic (exact) mass is 385 g/mol. The van der Waals surface area contributed by atoms with Gasteiger partial charge in [-0.3, -0.25) is 9.69 Å². The molecule has 1 aliphatic rings. The van der Waals surface area contributed by atoms with Crippen LogP contribution in [0, 0.1) is 5.82 Å². The summed E-state index contributed by atoms with van der Waals surface area (Å²) in [5.74, 6) is -0.0572. The fraction of sp³-hybridized carbons (Fsp3) is 0.316. The first-order valence-corrected chi connectivity index (χ1v) is 9.03. The van der Waals surface area contributed by atoms with E-state index in [1.165, 1.54) is 18.6 Å². The molecular formula is C19H20FN5O3. The molecule has 0 saturated carbocycles. The molecule has 1 aliphatic heterocycles. The van der Waals surface area contributed by atoms with Gasteiger partial charge in [0, 0.05) is 32.2 Å². The fourth-order valence-corrected chi connectivity index (χ4v) is 3.12. The predicted octanol–water partition coefficient (Wildman–Crippen LogP) is 2.05. The number of para-hydroxylation sites is 1. The molecule has 146 valence electrons. The summed E-state index contributed by atoms with van der Waals surface area (Å²) in [4.78, 5) is 20.6. The lowest BCUT2D eigenvalue weighted by Gasteiger charge is -2.35. The van der Waals surface area contributed by atoms with Gasteiger partial charge in [0.25, 0.3) is 5.91 Å². The number of piperazine rings is 1. The minimum absolute atomic E-state index is 0.204. The van der Waals surface area contributed by atoms with Crippen molar-refractivity contribution in [2.45, 2.75) is 13.1 Å². The van der Waals surface area contributed by atoms with E-state index in [9.17, 15) is 9.18 Å². The first-order chi connectivity index (χ1) is 13.7. The van der Waals surface area contributed by atoms with Gasteiger partial charge in [0.2, 0.25) is 5.89 Å². The van der Waals surface area contributed by atoms with E-state index < -0.39 is 0 Å². The van der Waals surface area contributed by atoms with Crippen molar-refractivity contribution < 1.29 is 18.1 Å². The second-order valence-electron chi connectivity index (χ2n) is 6.51. The number of amides is 1. The number of rotatable bonds is 6. The summed E-state index contributed by atoms with van der Waals surface area (Å²) < 4.78 is 24.1. The van der Waals surface area contributed by atoms with E-state index >= 15 is 0 Å². The van der Waals surface area contributed by atoms with Crippen molar-refractivity contribution in [1.82, 2.24) is 20.4 Å². The Labute approximate surface area is 160 Å². The minimum Gasteiger partial charge on any atom is -0.447 e. The van der Waals surface area contributed by atoms with Crippen LogP contribution in [-0.4, -0.2) is 47.1 Å². The molecule has 1 saturated heterocycles. The molecule has 1 N–H and O–H groups in total. The number of nitrogens with zero attached hydrogens (tertiary/aromatic N) is 4. The third kappa shape index (κ3) is 4.20. The zero-order chi connectivity index (χ0) is 19.3. The van der Waals surface area contributed by atoms with E-state index in [1.54, 1.807) is 18.2 Å². The van der Waals surface area contributed by atoms with Crippen LogP contribution < -0.4 is 10.2 Å². The van der Waals surface area contributed by atoms with E-state index in [4.69, 9.17) is 8.94 Å². The molecule has 3 aromatic rings. The maximum Gasteiger partial charge on any atom is 0.273 e. The summed E-state index contributed by atoms with van der Waals surface area (Å²) in [7, 11) is 0. The van der Waals surface area contributed by atoms with E-state index in [2.05, 4.69) is 20.4 Å². The maximum atomic E-state index is 13.9. The van der Waals surface area contributed by atoms with Gasteiger partial charge in [0.1, 0.15) is 24.0 Å². The molecule has 4 rings (SSSR count). The zero-order valence-electron chi connectivity index (χ0n) is 15.2. The van der Waals surface area contributed by atoms with Crippen LogP contribution in [0.3, 0.4) is 0 Å². The Hall–Kier alpha value is -3.20. The van der Waals surface area contributed by atoms with Crippen molar-refractivity contribution in [2.75, 3.05) is 31.1 Å². The zero-order valence-corrected chi connectivity index (χ0v) is 15.2. The highest BCUT2D eigenvalue weighted by Crippen LogP contribution is 2.20. The standard InChI is InChI=1S/C19H20FN5O3/c20-15-3-1-2-4-17(15)25-8-6-24(7-9-25)12-18-22-16(13-27-18)19(26)21-11-14-5-10-28-23-14/h1-5,10,13H,6-9,11-12H2,(H,21,26). The Balaban J connectivity index is 1.28. The van der Waals surface area contributed by atoms with Gasteiger partial charge >= 0.3 is 0 Å². The maximum absolute atomic E-state index is 13.9. The van der Waals surface area contributed by atoms with E-state index in [0.29, 0.717) is 36.9 Å². The predicted molar refractivity (Wildman–Crippen MR) is 98.1 cm³/mol. The summed E-state index contributed by atoms with van der Waals surface area (Å²) in [5.41, 5.74) is 1.48. The third-order valence-corrected chi connectivity index (χ3v) is 4.63. The van der Waals surface area contributed by atoms with Crippen molar-refractivity contribution in [3.05, 3.63) is 66.0 Å². The summed E-state index contributed by atoms with van der Waals surface area (Å²) >= 11 is 0. The molecule has 8 nitrogen and oxygen atoms in total. The molecule has 0 unspecified atom stereocenters. The Bertz CT molecular complexity index is 919. The molecular weight excluding hydrogens is 365 g/mol. The van der Waals surface area contributed by atoms with Crippen LogP contribution in [0.5, 0.6) is 0 Å². The first-order valence-electron chi connectivity index (χ1n) is 9.03. The number of hydrogen-bond donors (Lipinski definition) is 1. The molecule has 28 heavy (non-hydrogen) atoms. The van der Waals surface area contributed by atoms with Gasteiger partial charge in [-0.15, -0.1) is 0 Å². The highest BCUT2D eigenvalue weighted by Gasteiger charge is 2.21. The summed E-state index contributed by atoms with van der Waals surface area (Å²) in [5, 5.41) is 6.44. The van der Waals surface area contributed by atoms with Crippen LogP contribution in [0.25, 0.3) is 0 Å². The molecule has 0 radical (unpaired) electrons. The van der Waals surface area contributed by atoms with E-state index in [0.717, 1.165) is 13.1 Å². The number of carbonyl (C=O) groups excluding carboxylic acids is 1. The highest BCUT2D eigenvalue weighted by atomic mass is 19.1. The van der Waals surface area contributed by atoms with Gasteiger partial charge in [-0.1, -0.05) is 17.3 Å². The molecule has 1 amide bonds. The Morgan fingerprint density at radius 2 is 2.00 bits per heavy atom. The van der Waals surface area contributed by atoms with Crippen molar-refractivity contribution in [3.8, 4) is 0 Å². The number of anilines is 1. The SMILES string of the molecule is O=C(NCc1ccon1)c1coc(CN2CCN(c3ccccc3F)CC2)n1. The smallest absolute Gasteiger partial charge is 0.273 e. The molecule has 1 aromatic carbocycles. The van der Waals surface area contributed by atoms with Gasteiger partial charge in [-0.2, -0.15) is 0 Å². The average molecular weight is 385 g/mol. The van der Waals surface area contributed by atoms with Crippen LogP contribution in [0.2, 0.25) is 0 Å². The summed E-state index contributed by atoms with van der Waals surface area (Å²) in [6, 6.07) is 8.48. The summed E-state index contributed by atoms with van der Waals surface area (Å²) in [6.07, 6.45) is 2.80. The molecule has 3 heterocycles. The van der Waals surface area contributed by atoms with Gasteiger partial charge in [0.05, 0.1) is 18.8 Å². The lowest BCUT2D eigenvalue weighted by Crippen LogP contribution is -2.46. The van der Waals surface area contributed by atoms with Crippen molar-refractivity contribution >= 4 is 11.6 Å². The number of hydrogen-bond acceptors (Lipinski definition) is 7. The topological polar surface area (TPSA) is 87.6 Å². The van der Waals surface area contributed by atoms with Crippen molar-refractivity contribution in [3.63, 3.8) is 0 Å². The van der Waals surface area contributed by atoms with Crippen LogP contribution >= 0.6 is 0 Å². The summed E-state index contributed by atoms with van der Waals surface area (Å²) in [6.45, 7) is 3.70. The second kappa shape index (κ2) is 8.22.